The Labute approximate surface area is 169 Å². The average Bonchev–Trinajstić information content (AvgIpc) is 2.77. The molecule has 2 heterocycles. The number of nitrogen functional groups attached to an aromatic ring is 1. The van der Waals surface area contributed by atoms with Gasteiger partial charge in [-0.2, -0.15) is 0 Å². The van der Waals surface area contributed by atoms with Crippen LogP contribution in [0.25, 0.3) is 11.1 Å². The monoisotopic (exact) mass is 387 g/mol. The van der Waals surface area contributed by atoms with E-state index in [1.807, 2.05) is 25.1 Å². The number of aryl methyl sites for hydroxylation is 1. The summed E-state index contributed by atoms with van der Waals surface area (Å²) in [6, 6.07) is 10.8. The molecule has 0 atom stereocenters. The van der Waals surface area contributed by atoms with Crippen LogP contribution >= 0.6 is 0 Å². The van der Waals surface area contributed by atoms with Gasteiger partial charge in [0, 0.05) is 23.5 Å². The van der Waals surface area contributed by atoms with Crippen LogP contribution in [0.4, 0.5) is 5.82 Å². The lowest BCUT2D eigenvalue weighted by Crippen LogP contribution is -2.04. The first-order chi connectivity index (χ1) is 14.1. The van der Waals surface area contributed by atoms with Crippen molar-refractivity contribution in [1.82, 2.24) is 9.97 Å². The molecule has 6 heteroatoms. The molecule has 146 valence electrons. The first-order valence-electron chi connectivity index (χ1n) is 9.05. The summed E-state index contributed by atoms with van der Waals surface area (Å²) in [6.45, 7) is 2.03. The van der Waals surface area contributed by atoms with Crippen molar-refractivity contribution >= 4 is 11.8 Å². The molecule has 0 aliphatic carbocycles. The Balaban J connectivity index is 2.11. The van der Waals surface area contributed by atoms with E-state index in [0.29, 0.717) is 17.1 Å². The molecule has 0 bridgehead atoms. The summed E-state index contributed by atoms with van der Waals surface area (Å²) in [6.07, 6.45) is 4.12. The zero-order chi connectivity index (χ0) is 20.8. The van der Waals surface area contributed by atoms with Crippen LogP contribution in [0.2, 0.25) is 0 Å². The zero-order valence-corrected chi connectivity index (χ0v) is 16.5. The average molecular weight is 387 g/mol. The van der Waals surface area contributed by atoms with Crippen LogP contribution in [0.3, 0.4) is 0 Å². The van der Waals surface area contributed by atoms with Crippen LogP contribution in [-0.2, 0) is 11.2 Å². The van der Waals surface area contributed by atoms with Crippen molar-refractivity contribution in [1.29, 1.82) is 0 Å². The number of ether oxygens (including phenoxy) is 2. The summed E-state index contributed by atoms with van der Waals surface area (Å²) in [4.78, 5) is 20.5. The van der Waals surface area contributed by atoms with E-state index in [0.717, 1.165) is 34.4 Å². The number of nitrogens with two attached hydrogens (primary N) is 1. The molecule has 2 N–H and O–H groups in total. The number of esters is 1. The Morgan fingerprint density at radius 3 is 2.59 bits per heavy atom. The van der Waals surface area contributed by atoms with Crippen LogP contribution in [0.5, 0.6) is 5.75 Å². The standard InChI is InChI=1S/C23H21N3O3/c1-4-20-18(8-5-15-6-10-22(24)26-14-15)17(11-12-25-20)16-7-9-19(23(27)29-3)21(13-16)28-2/h6-7,9-14H,4H2,1-3H3,(H2,24,26). The summed E-state index contributed by atoms with van der Waals surface area (Å²) < 4.78 is 10.2. The van der Waals surface area contributed by atoms with Crippen LogP contribution in [0, 0.1) is 11.8 Å². The van der Waals surface area contributed by atoms with Gasteiger partial charge in [-0.1, -0.05) is 24.8 Å². The Morgan fingerprint density at radius 1 is 1.10 bits per heavy atom. The predicted molar refractivity (Wildman–Crippen MR) is 112 cm³/mol. The quantitative estimate of drug-likeness (QED) is 0.545. The highest BCUT2D eigenvalue weighted by Gasteiger charge is 2.16. The fourth-order valence-electron chi connectivity index (χ4n) is 2.90. The van der Waals surface area contributed by atoms with Crippen molar-refractivity contribution < 1.29 is 14.3 Å². The summed E-state index contributed by atoms with van der Waals surface area (Å²) in [5.74, 6) is 6.79. The van der Waals surface area contributed by atoms with Crippen molar-refractivity contribution in [3.05, 3.63) is 71.2 Å². The molecule has 6 nitrogen and oxygen atoms in total. The summed E-state index contributed by atoms with van der Waals surface area (Å²) in [5.41, 5.74) is 10.2. The van der Waals surface area contributed by atoms with E-state index in [2.05, 4.69) is 21.8 Å². The molecule has 0 amide bonds. The van der Waals surface area contributed by atoms with Crippen molar-refractivity contribution in [3.63, 3.8) is 0 Å². The van der Waals surface area contributed by atoms with Crippen molar-refractivity contribution in [2.75, 3.05) is 20.0 Å². The largest absolute Gasteiger partial charge is 0.496 e. The lowest BCUT2D eigenvalue weighted by molar-refractivity contribution is 0.0597. The number of pyridine rings is 2. The minimum Gasteiger partial charge on any atom is -0.496 e. The molecule has 2 aromatic heterocycles. The number of rotatable bonds is 4. The second-order valence-corrected chi connectivity index (χ2v) is 6.16. The van der Waals surface area contributed by atoms with Crippen LogP contribution in [-0.4, -0.2) is 30.2 Å². The van der Waals surface area contributed by atoms with Crippen molar-refractivity contribution in [2.24, 2.45) is 0 Å². The van der Waals surface area contributed by atoms with E-state index in [-0.39, 0.29) is 0 Å². The number of anilines is 1. The molecule has 0 saturated heterocycles. The number of carbonyl (C=O) groups excluding carboxylic acids is 1. The van der Waals surface area contributed by atoms with Gasteiger partial charge < -0.3 is 15.2 Å². The van der Waals surface area contributed by atoms with Gasteiger partial charge in [0.2, 0.25) is 0 Å². The Morgan fingerprint density at radius 2 is 1.93 bits per heavy atom. The third-order valence-electron chi connectivity index (χ3n) is 4.40. The van der Waals surface area contributed by atoms with Crippen LogP contribution in [0.15, 0.2) is 48.8 Å². The minimum atomic E-state index is -0.451. The van der Waals surface area contributed by atoms with Crippen LogP contribution in [0.1, 0.15) is 34.1 Å². The second-order valence-electron chi connectivity index (χ2n) is 6.16. The summed E-state index contributed by atoms with van der Waals surface area (Å²) in [5, 5.41) is 0. The number of hydrogen-bond acceptors (Lipinski definition) is 6. The molecule has 3 rings (SSSR count). The van der Waals surface area contributed by atoms with Gasteiger partial charge in [0.15, 0.2) is 0 Å². The molecule has 1 aromatic carbocycles. The van der Waals surface area contributed by atoms with Gasteiger partial charge in [-0.15, -0.1) is 0 Å². The Bertz CT molecular complexity index is 1100. The predicted octanol–water partition coefficient (Wildman–Crippen LogP) is 3.48. The topological polar surface area (TPSA) is 87.3 Å². The molecule has 0 fully saturated rings. The van der Waals surface area contributed by atoms with E-state index < -0.39 is 5.97 Å². The van der Waals surface area contributed by atoms with Gasteiger partial charge in [-0.05, 0) is 42.3 Å². The van der Waals surface area contributed by atoms with Crippen molar-refractivity contribution in [3.8, 4) is 28.7 Å². The number of methoxy groups -OCH3 is 2. The summed E-state index contributed by atoms with van der Waals surface area (Å²) in [7, 11) is 2.86. The third-order valence-corrected chi connectivity index (χ3v) is 4.40. The number of benzene rings is 1. The van der Waals surface area contributed by atoms with Gasteiger partial charge in [-0.3, -0.25) is 4.98 Å². The highest BCUT2D eigenvalue weighted by Crippen LogP contribution is 2.30. The molecular weight excluding hydrogens is 366 g/mol. The maximum Gasteiger partial charge on any atom is 0.341 e. The van der Waals surface area contributed by atoms with E-state index in [9.17, 15) is 4.79 Å². The summed E-state index contributed by atoms with van der Waals surface area (Å²) >= 11 is 0. The van der Waals surface area contributed by atoms with E-state index in [1.54, 1.807) is 30.6 Å². The SMILES string of the molecule is CCc1nccc(-c2ccc(C(=O)OC)c(OC)c2)c1C#Cc1ccc(N)nc1. The highest BCUT2D eigenvalue weighted by molar-refractivity contribution is 5.93. The second kappa shape index (κ2) is 8.89. The maximum atomic E-state index is 11.9. The molecule has 0 aliphatic heterocycles. The number of hydrogen-bond donors (Lipinski definition) is 1. The minimum absolute atomic E-state index is 0.365. The molecule has 3 aromatic rings. The smallest absolute Gasteiger partial charge is 0.341 e. The third kappa shape index (κ3) is 4.36. The normalized spacial score (nSPS) is 10.0. The molecule has 0 saturated carbocycles. The maximum absolute atomic E-state index is 11.9. The van der Waals surface area contributed by atoms with Gasteiger partial charge in [-0.25, -0.2) is 9.78 Å². The number of carbonyl (C=O) groups is 1. The van der Waals surface area contributed by atoms with Crippen LogP contribution < -0.4 is 10.5 Å². The fourth-order valence-corrected chi connectivity index (χ4v) is 2.90. The number of aromatic nitrogens is 2. The highest BCUT2D eigenvalue weighted by atomic mass is 16.5. The molecule has 0 unspecified atom stereocenters. The van der Waals surface area contributed by atoms with E-state index >= 15 is 0 Å². The van der Waals surface area contributed by atoms with Gasteiger partial charge >= 0.3 is 5.97 Å². The first-order valence-corrected chi connectivity index (χ1v) is 9.05. The molecular formula is C23H21N3O3. The zero-order valence-electron chi connectivity index (χ0n) is 16.5. The lowest BCUT2D eigenvalue weighted by Gasteiger charge is -2.12. The fraction of sp³-hybridized carbons (Fsp3) is 0.174. The Kier molecular flexibility index (Phi) is 6.10. The lowest BCUT2D eigenvalue weighted by atomic mass is 9.96. The molecule has 0 radical (unpaired) electrons. The van der Waals surface area contributed by atoms with Gasteiger partial charge in [0.05, 0.1) is 25.5 Å². The molecule has 0 aliphatic rings. The molecule has 0 spiro atoms. The van der Waals surface area contributed by atoms with E-state index in [1.165, 1.54) is 14.2 Å². The first kappa shape index (κ1) is 19.9. The van der Waals surface area contributed by atoms with E-state index in [4.69, 9.17) is 15.2 Å². The number of nitrogens with zero attached hydrogens (tertiary/aromatic N) is 2. The van der Waals surface area contributed by atoms with Gasteiger partial charge in [0.1, 0.15) is 17.1 Å². The molecule has 29 heavy (non-hydrogen) atoms. The van der Waals surface area contributed by atoms with Gasteiger partial charge in [0.25, 0.3) is 0 Å². The Hall–Kier alpha value is -3.85. The van der Waals surface area contributed by atoms with Crippen molar-refractivity contribution in [2.45, 2.75) is 13.3 Å².